The Morgan fingerprint density at radius 2 is 2.18 bits per heavy atom. The molecule has 0 fully saturated rings. The molecule has 1 aromatic rings. The van der Waals surface area contributed by atoms with Gasteiger partial charge in [-0.05, 0) is 34.1 Å². The van der Waals surface area contributed by atoms with Gasteiger partial charge in [0.15, 0.2) is 0 Å². The van der Waals surface area contributed by atoms with Crippen LogP contribution in [0.15, 0.2) is 4.52 Å². The van der Waals surface area contributed by atoms with Crippen LogP contribution in [0.5, 0.6) is 0 Å². The molecule has 0 bridgehead atoms. The molecule has 0 spiro atoms. The van der Waals surface area contributed by atoms with Crippen molar-refractivity contribution in [2.24, 2.45) is 0 Å². The van der Waals surface area contributed by atoms with Gasteiger partial charge in [0.1, 0.15) is 11.4 Å². The lowest BCUT2D eigenvalue weighted by atomic mass is 10.0. The number of carbonyl (C=O) groups is 1. The van der Waals surface area contributed by atoms with Gasteiger partial charge in [0.05, 0.1) is 5.92 Å². The highest BCUT2D eigenvalue weighted by Gasteiger charge is 2.32. The average molecular weight is 240 g/mol. The van der Waals surface area contributed by atoms with Crippen molar-refractivity contribution in [2.75, 3.05) is 6.61 Å². The van der Waals surface area contributed by atoms with Crippen molar-refractivity contribution in [3.8, 4) is 0 Å². The monoisotopic (exact) mass is 240 g/mol. The topological polar surface area (TPSA) is 65.2 Å². The van der Waals surface area contributed by atoms with E-state index in [1.807, 2.05) is 20.8 Å². The van der Waals surface area contributed by atoms with E-state index in [0.717, 1.165) is 6.42 Å². The molecule has 0 aliphatic rings. The second kappa shape index (κ2) is 5.40. The number of ether oxygens (including phenoxy) is 1. The lowest BCUT2D eigenvalue weighted by molar-refractivity contribution is -0.118. The number of hydrogen-bond donors (Lipinski definition) is 0. The van der Waals surface area contributed by atoms with Gasteiger partial charge >= 0.3 is 0 Å². The second-order valence-corrected chi connectivity index (χ2v) is 4.31. The molecule has 0 radical (unpaired) electrons. The Labute approximate surface area is 102 Å². The average Bonchev–Trinajstić information content (AvgIpc) is 2.77. The van der Waals surface area contributed by atoms with Crippen LogP contribution in [0.3, 0.4) is 0 Å². The van der Waals surface area contributed by atoms with E-state index in [1.165, 1.54) is 6.92 Å². The fourth-order valence-corrected chi connectivity index (χ4v) is 1.44. The molecular weight excluding hydrogens is 220 g/mol. The van der Waals surface area contributed by atoms with Crippen molar-refractivity contribution in [2.45, 2.75) is 52.6 Å². The molecule has 1 aromatic heterocycles. The van der Waals surface area contributed by atoms with E-state index >= 15 is 0 Å². The maximum atomic E-state index is 11.2. The summed E-state index contributed by atoms with van der Waals surface area (Å²) in [4.78, 5) is 15.5. The minimum Gasteiger partial charge on any atom is -0.367 e. The number of carbonyl (C=O) groups excluding carboxylic acids is 1. The van der Waals surface area contributed by atoms with E-state index in [2.05, 4.69) is 10.1 Å². The largest absolute Gasteiger partial charge is 0.367 e. The SMILES string of the molecule is CCOC(C)(CC)c1noc(C(C)C(C)=O)n1. The molecule has 1 rings (SSSR count). The van der Waals surface area contributed by atoms with E-state index in [0.29, 0.717) is 18.3 Å². The minimum atomic E-state index is -0.549. The van der Waals surface area contributed by atoms with Crippen LogP contribution in [0.2, 0.25) is 0 Å². The number of ketones is 1. The summed E-state index contributed by atoms with van der Waals surface area (Å²) in [5, 5.41) is 3.92. The van der Waals surface area contributed by atoms with E-state index in [4.69, 9.17) is 9.26 Å². The normalized spacial score (nSPS) is 16.5. The number of Topliss-reactive ketones (excluding diaryl/α,β-unsaturated/α-hetero) is 1. The zero-order valence-electron chi connectivity index (χ0n) is 11.1. The van der Waals surface area contributed by atoms with Gasteiger partial charge in [0.25, 0.3) is 0 Å². The number of rotatable bonds is 6. The fraction of sp³-hybridized carbons (Fsp3) is 0.750. The fourth-order valence-electron chi connectivity index (χ4n) is 1.44. The van der Waals surface area contributed by atoms with Crippen LogP contribution in [0, 0.1) is 0 Å². The first kappa shape index (κ1) is 13.8. The summed E-state index contributed by atoms with van der Waals surface area (Å²) in [5.74, 6) is 0.505. The maximum Gasteiger partial charge on any atom is 0.237 e. The Morgan fingerprint density at radius 1 is 1.53 bits per heavy atom. The van der Waals surface area contributed by atoms with Gasteiger partial charge in [0, 0.05) is 6.61 Å². The van der Waals surface area contributed by atoms with Crippen molar-refractivity contribution in [1.29, 1.82) is 0 Å². The summed E-state index contributed by atoms with van der Waals surface area (Å²) >= 11 is 0. The Bertz CT molecular complexity index is 389. The predicted molar refractivity (Wildman–Crippen MR) is 62.7 cm³/mol. The van der Waals surface area contributed by atoms with Crippen LogP contribution < -0.4 is 0 Å². The molecule has 2 atom stereocenters. The Balaban J connectivity index is 2.97. The van der Waals surface area contributed by atoms with Crippen molar-refractivity contribution in [1.82, 2.24) is 10.1 Å². The Kier molecular flexibility index (Phi) is 4.40. The molecule has 0 N–H and O–H groups in total. The molecule has 17 heavy (non-hydrogen) atoms. The Morgan fingerprint density at radius 3 is 2.65 bits per heavy atom. The van der Waals surface area contributed by atoms with E-state index < -0.39 is 5.60 Å². The van der Waals surface area contributed by atoms with Gasteiger partial charge in [-0.15, -0.1) is 0 Å². The molecule has 5 heteroatoms. The van der Waals surface area contributed by atoms with Crippen LogP contribution in [0.4, 0.5) is 0 Å². The maximum absolute atomic E-state index is 11.2. The van der Waals surface area contributed by atoms with Crippen molar-refractivity contribution >= 4 is 5.78 Å². The van der Waals surface area contributed by atoms with Gasteiger partial charge in [-0.3, -0.25) is 4.79 Å². The molecule has 96 valence electrons. The van der Waals surface area contributed by atoms with Gasteiger partial charge in [-0.2, -0.15) is 4.98 Å². The quantitative estimate of drug-likeness (QED) is 0.764. The summed E-state index contributed by atoms with van der Waals surface area (Å²) in [7, 11) is 0. The molecular formula is C12H20N2O3. The second-order valence-electron chi connectivity index (χ2n) is 4.31. The first-order chi connectivity index (χ1) is 7.94. The van der Waals surface area contributed by atoms with Crippen LogP contribution in [0.25, 0.3) is 0 Å². The van der Waals surface area contributed by atoms with E-state index in [9.17, 15) is 4.79 Å². The summed E-state index contributed by atoms with van der Waals surface area (Å²) in [6.07, 6.45) is 0.744. The molecule has 0 aliphatic carbocycles. The summed E-state index contributed by atoms with van der Waals surface area (Å²) in [6, 6.07) is 0. The third-order valence-electron chi connectivity index (χ3n) is 3.03. The smallest absolute Gasteiger partial charge is 0.237 e. The molecule has 0 aromatic carbocycles. The van der Waals surface area contributed by atoms with Crippen LogP contribution in [0.1, 0.15) is 58.7 Å². The first-order valence-electron chi connectivity index (χ1n) is 5.93. The van der Waals surface area contributed by atoms with Gasteiger partial charge in [-0.1, -0.05) is 12.1 Å². The molecule has 0 saturated carbocycles. The summed E-state index contributed by atoms with van der Waals surface area (Å²) in [6.45, 7) is 9.69. The zero-order valence-corrected chi connectivity index (χ0v) is 11.1. The molecule has 5 nitrogen and oxygen atoms in total. The molecule has 1 heterocycles. The minimum absolute atomic E-state index is 0.00908. The van der Waals surface area contributed by atoms with Crippen LogP contribution in [-0.4, -0.2) is 22.5 Å². The van der Waals surface area contributed by atoms with Gasteiger partial charge in [-0.25, -0.2) is 0 Å². The van der Waals surface area contributed by atoms with Crippen LogP contribution in [-0.2, 0) is 15.1 Å². The number of aromatic nitrogens is 2. The zero-order chi connectivity index (χ0) is 13.1. The number of hydrogen-bond acceptors (Lipinski definition) is 5. The van der Waals surface area contributed by atoms with E-state index in [1.54, 1.807) is 6.92 Å². The summed E-state index contributed by atoms with van der Waals surface area (Å²) in [5.41, 5.74) is -0.549. The van der Waals surface area contributed by atoms with Crippen LogP contribution >= 0.6 is 0 Å². The van der Waals surface area contributed by atoms with Crippen molar-refractivity contribution < 1.29 is 14.1 Å². The first-order valence-corrected chi connectivity index (χ1v) is 5.93. The summed E-state index contributed by atoms with van der Waals surface area (Å²) < 4.78 is 10.8. The third-order valence-corrected chi connectivity index (χ3v) is 3.03. The van der Waals surface area contributed by atoms with Gasteiger partial charge in [0.2, 0.25) is 11.7 Å². The van der Waals surface area contributed by atoms with E-state index in [-0.39, 0.29) is 11.7 Å². The highest BCUT2D eigenvalue weighted by Crippen LogP contribution is 2.27. The van der Waals surface area contributed by atoms with Crippen molar-refractivity contribution in [3.63, 3.8) is 0 Å². The molecule has 2 unspecified atom stereocenters. The lowest BCUT2D eigenvalue weighted by Gasteiger charge is -2.23. The van der Waals surface area contributed by atoms with Gasteiger partial charge < -0.3 is 9.26 Å². The highest BCUT2D eigenvalue weighted by atomic mass is 16.5. The molecule has 0 saturated heterocycles. The highest BCUT2D eigenvalue weighted by molar-refractivity contribution is 5.81. The standard InChI is InChI=1S/C12H20N2O3/c1-6-12(5,16-7-2)11-13-10(17-14-11)8(3)9(4)15/h8H,6-7H2,1-5H3. The Hall–Kier alpha value is -1.23. The van der Waals surface area contributed by atoms with Crippen molar-refractivity contribution in [3.05, 3.63) is 11.7 Å². The third kappa shape index (κ3) is 2.91. The number of nitrogens with zero attached hydrogens (tertiary/aromatic N) is 2. The lowest BCUT2D eigenvalue weighted by Crippen LogP contribution is -2.26. The molecule has 0 amide bonds. The molecule has 0 aliphatic heterocycles. The predicted octanol–water partition coefficient (Wildman–Crippen LogP) is 2.42.